The molecule has 3 fully saturated rings. The number of allylic oxidation sites excluding steroid dienone is 4. The highest BCUT2D eigenvalue weighted by atomic mass is 32.2. The topological polar surface area (TPSA) is 221 Å². The van der Waals surface area contributed by atoms with Crippen LogP contribution in [0.4, 0.5) is 9.59 Å². The number of amides is 3. The first-order valence-corrected chi connectivity index (χ1v) is 31.5. The van der Waals surface area contributed by atoms with Crippen molar-refractivity contribution >= 4 is 46.7 Å². The van der Waals surface area contributed by atoms with Crippen LogP contribution in [0.1, 0.15) is 178 Å². The minimum atomic E-state index is -1.47. The largest absolute Gasteiger partial charge is 0.497 e. The number of nitrogens with zero attached hydrogens (tertiary/aromatic N) is 3. The molecule has 82 heavy (non-hydrogen) atoms. The van der Waals surface area contributed by atoms with Gasteiger partial charge in [-0.1, -0.05) is 103 Å². The van der Waals surface area contributed by atoms with Crippen LogP contribution in [0, 0.1) is 29.1 Å². The van der Waals surface area contributed by atoms with Gasteiger partial charge in [-0.3, -0.25) is 19.2 Å². The number of likely N-dealkylation sites (N-methyl/N-ethyl adjacent to an activating group) is 3. The van der Waals surface area contributed by atoms with E-state index in [2.05, 4.69) is 33.8 Å². The molecule has 5 rings (SSSR count). The summed E-state index contributed by atoms with van der Waals surface area (Å²) in [6.07, 6.45) is 11.8. The van der Waals surface area contributed by atoms with Crippen molar-refractivity contribution in [3.63, 3.8) is 0 Å². The Labute approximate surface area is 494 Å². The van der Waals surface area contributed by atoms with Crippen LogP contribution >= 0.6 is 11.8 Å². The van der Waals surface area contributed by atoms with E-state index in [1.54, 1.807) is 35.2 Å². The fraction of sp³-hybridized carbons (Fsp3) is 0.810. The maximum Gasteiger partial charge on any atom is 0.410 e. The van der Waals surface area contributed by atoms with Gasteiger partial charge >= 0.3 is 18.0 Å². The van der Waals surface area contributed by atoms with Crippen LogP contribution in [0.2, 0.25) is 0 Å². The highest BCUT2D eigenvalue weighted by Crippen LogP contribution is 2.51. The number of esters is 2. The van der Waals surface area contributed by atoms with Crippen molar-refractivity contribution in [3.05, 3.63) is 35.1 Å². The van der Waals surface area contributed by atoms with Crippen LogP contribution in [0.25, 0.3) is 0 Å². The summed E-state index contributed by atoms with van der Waals surface area (Å²) in [4.78, 5) is 85.2. The molecule has 3 amide bonds. The number of carbonyl (C=O) groups excluding carboxylic acids is 6. The van der Waals surface area contributed by atoms with E-state index in [1.807, 2.05) is 39.8 Å². The smallest absolute Gasteiger partial charge is 0.410 e. The molecule has 0 radical (unpaired) electrons. The molecule has 3 aliphatic carbocycles. The average molecular weight is 1170 g/mol. The third-order valence-electron chi connectivity index (χ3n) is 18.8. The number of aliphatic hydroxyl groups excluding tert-OH is 1. The molecule has 10 unspecified atom stereocenters. The van der Waals surface area contributed by atoms with E-state index in [9.17, 15) is 39.0 Å². The summed E-state index contributed by atoms with van der Waals surface area (Å²) in [6.45, 7) is 18.3. The fourth-order valence-corrected chi connectivity index (χ4v) is 13.3. The Hall–Kier alpha value is -4.01. The van der Waals surface area contributed by atoms with Gasteiger partial charge in [0.1, 0.15) is 47.9 Å². The van der Waals surface area contributed by atoms with E-state index in [0.717, 1.165) is 93.7 Å². The first kappa shape index (κ1) is 68.8. The second-order valence-electron chi connectivity index (χ2n) is 25.3. The number of rotatable bonds is 21. The minimum absolute atomic E-state index is 0.0106. The van der Waals surface area contributed by atoms with Crippen molar-refractivity contribution < 1.29 is 72.1 Å². The van der Waals surface area contributed by atoms with Crippen LogP contribution in [0.3, 0.4) is 0 Å². The van der Waals surface area contributed by atoms with E-state index in [4.69, 9.17) is 33.2 Å². The first-order valence-electron chi connectivity index (χ1n) is 30.5. The summed E-state index contributed by atoms with van der Waals surface area (Å²) < 4.78 is 42.6. The summed E-state index contributed by atoms with van der Waals surface area (Å²) in [5, 5.41) is 24.0. The zero-order chi connectivity index (χ0) is 60.7. The standard InChI is InChI=1S/C63H103N3O15S/c1-15-17-28-61(8,16-2)36-46(67)39-77-49-24-20-18-19-21-25-50(49)79-59(72)64(10)29-30-65(11)60(73)82-31-27-55(69)66(12)44(7)58(71)80-54-35-48(68)41(4)47-33-45(34-51(75-13)42(47)5)32-40(3)23-22-26-53(76-14)63(74)37-52(78-56(70)38-63)43(6)57-62(54,9)81-57/h21,25,34,40-41,43-44,47-50,52-54,57,68,74H,15-20,22-24,26-33,35-39H2,1-14H3/b25-21+/t40?,41?,43-,44+,47?,48?,49?,50?,52?,53?,54+,57+,61?,62+,63?/m1/s1. The fourth-order valence-electron chi connectivity index (χ4n) is 12.6. The molecule has 0 spiro atoms. The lowest BCUT2D eigenvalue weighted by Crippen LogP contribution is -2.54. The van der Waals surface area contributed by atoms with Gasteiger partial charge in [-0.2, -0.15) is 0 Å². The van der Waals surface area contributed by atoms with Crippen LogP contribution in [-0.2, 0) is 52.3 Å². The lowest BCUT2D eigenvalue weighted by atomic mass is 9.73. The quantitative estimate of drug-likeness (QED) is 0.0472. The lowest BCUT2D eigenvalue weighted by Gasteiger charge is -2.42. The SMILES string of the molecule is CCCCC(C)(CC)CC(=O)COC1CCCC/C=C/C1OC(=O)N(C)CCN(C)C(=O)SCCC(=O)N(C)[C@@H](C)C(=O)O[C@H]1CC(O)C(C)C2CC(=CC(OC)=C2C)CC(C)CCCC(OC)C2(O)CC(=O)OC(C2)[C@@H](C)[C@@H]2O[C@@]12C. The molecule has 2 aliphatic heterocycles. The number of carbonyl (C=O) groups is 6. The van der Waals surface area contributed by atoms with Gasteiger partial charge in [0.2, 0.25) is 5.91 Å². The second-order valence-corrected chi connectivity index (χ2v) is 26.3. The van der Waals surface area contributed by atoms with Crippen molar-refractivity contribution in [1.82, 2.24) is 14.7 Å². The highest BCUT2D eigenvalue weighted by Gasteiger charge is 2.64. The predicted octanol–water partition coefficient (Wildman–Crippen LogP) is 10.1. The van der Waals surface area contributed by atoms with E-state index in [0.29, 0.717) is 25.2 Å². The van der Waals surface area contributed by atoms with Crippen molar-refractivity contribution in [2.75, 3.05) is 60.8 Å². The number of unbranched alkanes of at least 4 members (excludes halogenated alkanes) is 1. The van der Waals surface area contributed by atoms with Crippen LogP contribution in [-0.4, -0.2) is 181 Å². The molecule has 2 heterocycles. The Morgan fingerprint density at radius 1 is 0.951 bits per heavy atom. The summed E-state index contributed by atoms with van der Waals surface area (Å²) in [6, 6.07) is -1.06. The monoisotopic (exact) mass is 1170 g/mol. The molecule has 0 aromatic heterocycles. The molecule has 2 N–H and O–H groups in total. The maximum atomic E-state index is 14.3. The van der Waals surface area contributed by atoms with Gasteiger partial charge in [-0.05, 0) is 107 Å². The lowest BCUT2D eigenvalue weighted by molar-refractivity contribution is -0.193. The Morgan fingerprint density at radius 3 is 2.35 bits per heavy atom. The van der Waals surface area contributed by atoms with Crippen LogP contribution < -0.4 is 0 Å². The highest BCUT2D eigenvalue weighted by molar-refractivity contribution is 8.13. The molecule has 18 nitrogen and oxygen atoms in total. The Morgan fingerprint density at radius 2 is 1.67 bits per heavy atom. The van der Waals surface area contributed by atoms with Crippen molar-refractivity contribution in [2.24, 2.45) is 29.1 Å². The number of methoxy groups -OCH3 is 2. The molecule has 2 saturated heterocycles. The minimum Gasteiger partial charge on any atom is -0.497 e. The van der Waals surface area contributed by atoms with Crippen LogP contribution in [0.15, 0.2) is 35.1 Å². The van der Waals surface area contributed by atoms with E-state index < -0.39 is 89.8 Å². The maximum absolute atomic E-state index is 14.3. The normalized spacial score (nSPS) is 32.4. The Bertz CT molecular complexity index is 2260. The van der Waals surface area contributed by atoms with Crippen molar-refractivity contribution in [1.29, 1.82) is 0 Å². The third kappa shape index (κ3) is 18.7. The molecule has 19 heteroatoms. The van der Waals surface area contributed by atoms with Gasteiger partial charge in [0.25, 0.3) is 5.24 Å². The zero-order valence-electron chi connectivity index (χ0n) is 52.2. The van der Waals surface area contributed by atoms with Gasteiger partial charge < -0.3 is 58.1 Å². The first-order chi connectivity index (χ1) is 38.7. The number of hydrogen-bond donors (Lipinski definition) is 2. The molecule has 1 saturated carbocycles. The van der Waals surface area contributed by atoms with Gasteiger partial charge in [0.05, 0.1) is 37.9 Å². The zero-order valence-corrected chi connectivity index (χ0v) is 53.0. The third-order valence-corrected chi connectivity index (χ3v) is 19.8. The summed E-state index contributed by atoms with van der Waals surface area (Å²) in [7, 11) is 7.94. The van der Waals surface area contributed by atoms with E-state index in [1.165, 1.54) is 27.3 Å². The van der Waals surface area contributed by atoms with E-state index in [-0.39, 0.29) is 79.4 Å². The Balaban J connectivity index is 1.18. The van der Waals surface area contributed by atoms with Gasteiger partial charge in [-0.25, -0.2) is 9.59 Å². The molecule has 4 bridgehead atoms. The molecule has 0 aromatic carbocycles. The van der Waals surface area contributed by atoms with E-state index >= 15 is 0 Å². The van der Waals surface area contributed by atoms with Gasteiger partial charge in [0, 0.05) is 78.7 Å². The van der Waals surface area contributed by atoms with Gasteiger partial charge in [0.15, 0.2) is 5.78 Å². The number of hydrogen-bond acceptors (Lipinski definition) is 16. The van der Waals surface area contributed by atoms with Crippen molar-refractivity contribution in [3.8, 4) is 0 Å². The molecule has 15 atom stereocenters. The Kier molecular flexibility index (Phi) is 26.3. The number of ether oxygens (including phenoxy) is 7. The number of aliphatic hydroxyl groups is 2. The molecular weight excluding hydrogens is 1070 g/mol. The molecule has 5 aliphatic rings. The predicted molar refractivity (Wildman–Crippen MR) is 316 cm³/mol. The molecular formula is C63H103N3O15S. The number of fused-ring (bicyclic) bond motifs is 5. The molecule has 466 valence electrons. The number of ketones is 1. The van der Waals surface area contributed by atoms with Gasteiger partial charge in [-0.15, -0.1) is 0 Å². The van der Waals surface area contributed by atoms with Crippen molar-refractivity contribution in [2.45, 2.75) is 238 Å². The number of Topliss-reactive ketones (excluding diaryl/α,β-unsaturated/α-hetero) is 1. The number of epoxide rings is 1. The number of thioether (sulfide) groups is 1. The summed E-state index contributed by atoms with van der Waals surface area (Å²) in [5.41, 5.74) is -0.438. The summed E-state index contributed by atoms with van der Waals surface area (Å²) in [5.74, 6) is -1.19. The summed E-state index contributed by atoms with van der Waals surface area (Å²) >= 11 is 0.951. The molecule has 0 aromatic rings. The van der Waals surface area contributed by atoms with Crippen LogP contribution in [0.5, 0.6) is 0 Å². The average Bonchev–Trinajstić information content (AvgIpc) is 2.15. The second kappa shape index (κ2) is 31.4.